The van der Waals surface area contributed by atoms with E-state index in [2.05, 4.69) is 4.98 Å². The average molecular weight is 351 g/mol. The highest BCUT2D eigenvalue weighted by molar-refractivity contribution is 7.09. The number of hydrogen-bond donors (Lipinski definition) is 2. The number of nitrogens with zero attached hydrogens (tertiary/aromatic N) is 1. The van der Waals surface area contributed by atoms with E-state index in [0.29, 0.717) is 18.1 Å². The fourth-order valence-corrected chi connectivity index (χ4v) is 2.61. The third-order valence-electron chi connectivity index (χ3n) is 3.35. The minimum atomic E-state index is 0.358. The van der Waals surface area contributed by atoms with Crippen LogP contribution in [0.1, 0.15) is 10.4 Å². The molecular weight excluding hydrogens is 334 g/mol. The Morgan fingerprint density at radius 3 is 2.28 bits per heavy atom. The van der Waals surface area contributed by atoms with Gasteiger partial charge >= 0.3 is 0 Å². The summed E-state index contributed by atoms with van der Waals surface area (Å²) >= 11 is 1.57. The Morgan fingerprint density at radius 2 is 1.68 bits per heavy atom. The quantitative estimate of drug-likeness (QED) is 0.620. The monoisotopic (exact) mass is 351 g/mol. The Hall–Kier alpha value is -3.12. The van der Waals surface area contributed by atoms with Crippen molar-refractivity contribution >= 4 is 17.0 Å². The fourth-order valence-electron chi connectivity index (χ4n) is 2.10. The van der Waals surface area contributed by atoms with Gasteiger partial charge in [-0.3, -0.25) is 4.98 Å². The van der Waals surface area contributed by atoms with Crippen LogP contribution < -0.4 is 15.2 Å². The van der Waals surface area contributed by atoms with Gasteiger partial charge in [0.1, 0.15) is 23.9 Å². The molecule has 0 saturated carbocycles. The molecule has 0 radical (unpaired) electrons. The molecule has 0 aliphatic carbocycles. The highest BCUT2D eigenvalue weighted by Crippen LogP contribution is 2.25. The lowest BCUT2D eigenvalue weighted by molar-refractivity contribution is 0.309. The summed E-state index contributed by atoms with van der Waals surface area (Å²) in [5, 5.41) is 7.81. The van der Waals surface area contributed by atoms with Gasteiger partial charge in [-0.25, -0.2) is 0 Å². The first-order chi connectivity index (χ1) is 12.2. The van der Waals surface area contributed by atoms with Crippen LogP contribution in [0.3, 0.4) is 0 Å². The lowest BCUT2D eigenvalue weighted by Crippen LogP contribution is -1.95. The van der Waals surface area contributed by atoms with Crippen LogP contribution in [0, 0.1) is 5.41 Å². The van der Waals surface area contributed by atoms with Gasteiger partial charge in [0.05, 0.1) is 16.1 Å². The molecule has 0 spiro atoms. The number of hydrogen-bond acceptors (Lipinski definition) is 6. The molecule has 3 N–H and O–H groups in total. The number of benzene rings is 2. The molecule has 0 saturated heterocycles. The molecular formula is C19H17N3O2S. The molecule has 2 aromatic carbocycles. The van der Waals surface area contributed by atoms with Crippen molar-refractivity contribution in [1.82, 2.24) is 4.98 Å². The summed E-state index contributed by atoms with van der Waals surface area (Å²) in [5.41, 5.74) is 8.22. The largest absolute Gasteiger partial charge is 0.488 e. The van der Waals surface area contributed by atoms with E-state index in [-0.39, 0.29) is 0 Å². The molecule has 0 unspecified atom stereocenters. The van der Waals surface area contributed by atoms with E-state index < -0.39 is 0 Å². The van der Waals surface area contributed by atoms with Crippen LogP contribution in [0.4, 0.5) is 0 Å². The second-order valence-electron chi connectivity index (χ2n) is 5.13. The van der Waals surface area contributed by atoms with E-state index in [1.54, 1.807) is 29.1 Å². The summed E-state index contributed by atoms with van der Waals surface area (Å²) in [6.07, 6.45) is 4.70. The zero-order valence-corrected chi connectivity index (χ0v) is 14.2. The normalized spacial score (nSPS) is 10.7. The topological polar surface area (TPSA) is 81.2 Å². The zero-order valence-electron chi connectivity index (χ0n) is 13.4. The van der Waals surface area contributed by atoms with E-state index in [9.17, 15) is 0 Å². The van der Waals surface area contributed by atoms with E-state index in [1.807, 2.05) is 48.5 Å². The van der Waals surface area contributed by atoms with Gasteiger partial charge in [-0.2, -0.15) is 0 Å². The molecule has 25 heavy (non-hydrogen) atoms. The molecule has 3 rings (SSSR count). The lowest BCUT2D eigenvalue weighted by atomic mass is 10.1. The van der Waals surface area contributed by atoms with E-state index in [0.717, 1.165) is 21.9 Å². The second kappa shape index (κ2) is 8.12. The first kappa shape index (κ1) is 16.7. The Morgan fingerprint density at radius 1 is 1.04 bits per heavy atom. The van der Waals surface area contributed by atoms with E-state index in [1.165, 1.54) is 6.20 Å². The maximum atomic E-state index is 7.81. The molecule has 0 amide bonds. The Labute approximate surface area is 149 Å². The van der Waals surface area contributed by atoms with Crippen molar-refractivity contribution in [1.29, 1.82) is 5.41 Å². The first-order valence-electron chi connectivity index (χ1n) is 7.60. The van der Waals surface area contributed by atoms with Crippen molar-refractivity contribution in [2.75, 3.05) is 0 Å². The van der Waals surface area contributed by atoms with Crippen LogP contribution in [-0.2, 0) is 6.61 Å². The van der Waals surface area contributed by atoms with Gasteiger partial charge in [0.2, 0.25) is 0 Å². The molecule has 1 aromatic heterocycles. The smallest absolute Gasteiger partial charge is 0.127 e. The average Bonchev–Trinajstić information content (AvgIpc) is 3.15. The van der Waals surface area contributed by atoms with Gasteiger partial charge in [-0.05, 0) is 66.4 Å². The predicted molar refractivity (Wildman–Crippen MR) is 99.6 cm³/mol. The van der Waals surface area contributed by atoms with Crippen molar-refractivity contribution in [3.63, 3.8) is 0 Å². The van der Waals surface area contributed by atoms with Crippen molar-refractivity contribution in [3.8, 4) is 17.2 Å². The minimum absolute atomic E-state index is 0.358. The van der Waals surface area contributed by atoms with Crippen molar-refractivity contribution < 1.29 is 9.47 Å². The lowest BCUT2D eigenvalue weighted by Gasteiger charge is -2.08. The second-order valence-corrected chi connectivity index (χ2v) is 6.10. The molecule has 6 heteroatoms. The van der Waals surface area contributed by atoms with Gasteiger partial charge in [0.15, 0.2) is 0 Å². The maximum Gasteiger partial charge on any atom is 0.127 e. The molecule has 126 valence electrons. The van der Waals surface area contributed by atoms with Crippen molar-refractivity contribution in [2.24, 2.45) is 5.73 Å². The minimum Gasteiger partial charge on any atom is -0.488 e. The number of rotatable bonds is 7. The van der Waals surface area contributed by atoms with Crippen LogP contribution in [0.25, 0.3) is 0 Å². The summed E-state index contributed by atoms with van der Waals surface area (Å²) in [6, 6.07) is 14.7. The van der Waals surface area contributed by atoms with Gasteiger partial charge in [0, 0.05) is 6.20 Å². The number of nitrogens with one attached hydrogen (secondary N) is 1. The molecule has 0 bridgehead atoms. The van der Waals surface area contributed by atoms with Gasteiger partial charge in [-0.15, -0.1) is 11.3 Å². The van der Waals surface area contributed by atoms with Crippen LogP contribution in [0.15, 0.2) is 72.5 Å². The number of allylic oxidation sites excluding steroid dienone is 1. The molecule has 3 aromatic rings. The summed E-state index contributed by atoms with van der Waals surface area (Å²) in [4.78, 5) is 5.10. The highest BCUT2D eigenvalue weighted by Gasteiger charge is 2.02. The van der Waals surface area contributed by atoms with E-state index >= 15 is 0 Å². The van der Waals surface area contributed by atoms with Crippen LogP contribution in [-0.4, -0.2) is 10.7 Å². The van der Waals surface area contributed by atoms with Crippen LogP contribution in [0.5, 0.6) is 17.2 Å². The number of ether oxygens (including phenoxy) is 2. The Balaban J connectivity index is 1.58. The van der Waals surface area contributed by atoms with E-state index in [4.69, 9.17) is 20.6 Å². The number of aromatic nitrogens is 1. The summed E-state index contributed by atoms with van der Waals surface area (Å²) in [6.45, 7) is 0.509. The molecule has 0 fully saturated rings. The van der Waals surface area contributed by atoms with Gasteiger partial charge < -0.3 is 20.6 Å². The standard InChI is InChI=1S/C19H17N3O2S/c20-10-9-19(21)14-1-3-16(4-2-14)24-17-7-5-15(6-8-17)23-12-18-11-22-13-25-18/h1-11,13,21H,12,20H2. The van der Waals surface area contributed by atoms with Crippen molar-refractivity contribution in [3.05, 3.63) is 83.0 Å². The van der Waals surface area contributed by atoms with Gasteiger partial charge in [0.25, 0.3) is 0 Å². The fraction of sp³-hybridized carbons (Fsp3) is 0.0526. The number of thiazole rings is 1. The third kappa shape index (κ3) is 4.68. The highest BCUT2D eigenvalue weighted by atomic mass is 32.1. The third-order valence-corrected chi connectivity index (χ3v) is 4.11. The van der Waals surface area contributed by atoms with Crippen LogP contribution >= 0.6 is 11.3 Å². The maximum absolute atomic E-state index is 7.81. The molecule has 1 heterocycles. The summed E-state index contributed by atoms with van der Waals surface area (Å²) in [5.74, 6) is 2.19. The SMILES string of the molecule is N=C(C=CN)c1ccc(Oc2ccc(OCc3cncs3)cc2)cc1. The van der Waals surface area contributed by atoms with Crippen LogP contribution in [0.2, 0.25) is 0 Å². The molecule has 0 aliphatic heterocycles. The summed E-state index contributed by atoms with van der Waals surface area (Å²) in [7, 11) is 0. The first-order valence-corrected chi connectivity index (χ1v) is 8.48. The molecule has 0 aliphatic rings. The number of nitrogens with two attached hydrogens (primary N) is 1. The molecule has 0 atom stereocenters. The Kier molecular flexibility index (Phi) is 5.43. The molecule has 5 nitrogen and oxygen atoms in total. The Bertz CT molecular complexity index is 841. The van der Waals surface area contributed by atoms with Crippen molar-refractivity contribution in [2.45, 2.75) is 6.61 Å². The zero-order chi connectivity index (χ0) is 17.5. The van der Waals surface area contributed by atoms with Gasteiger partial charge in [-0.1, -0.05) is 0 Å². The summed E-state index contributed by atoms with van der Waals surface area (Å²) < 4.78 is 11.5. The predicted octanol–water partition coefficient (Wildman–Crippen LogP) is 4.35.